The van der Waals surface area contributed by atoms with Gasteiger partial charge in [-0.3, -0.25) is 0 Å². The minimum atomic E-state index is 0.698. The normalized spacial score (nSPS) is 15.7. The van der Waals surface area contributed by atoms with Gasteiger partial charge in [0.15, 0.2) is 0 Å². The lowest BCUT2D eigenvalue weighted by atomic mass is 9.93. The quantitative estimate of drug-likeness (QED) is 0.920. The number of methoxy groups -OCH3 is 2. The Morgan fingerprint density at radius 1 is 1.25 bits per heavy atom. The molecular formula is C12H16BrNO2. The fourth-order valence-corrected chi connectivity index (χ4v) is 2.35. The molecule has 1 saturated heterocycles. The van der Waals surface area contributed by atoms with Gasteiger partial charge in [-0.15, -0.1) is 0 Å². The summed E-state index contributed by atoms with van der Waals surface area (Å²) in [6, 6.07) is 3.98. The Morgan fingerprint density at radius 2 is 1.81 bits per heavy atom. The van der Waals surface area contributed by atoms with E-state index in [0.29, 0.717) is 5.92 Å². The molecule has 1 fully saturated rings. The van der Waals surface area contributed by atoms with Crippen LogP contribution in [0.25, 0.3) is 0 Å². The molecule has 1 heterocycles. The summed E-state index contributed by atoms with van der Waals surface area (Å²) < 4.78 is 11.8. The summed E-state index contributed by atoms with van der Waals surface area (Å²) in [7, 11) is 3.40. The first-order valence-corrected chi connectivity index (χ1v) is 6.15. The molecule has 3 nitrogen and oxygen atoms in total. The molecular weight excluding hydrogens is 270 g/mol. The van der Waals surface area contributed by atoms with E-state index in [0.717, 1.165) is 35.5 Å². The Hall–Kier alpha value is -0.740. The second-order valence-electron chi connectivity index (χ2n) is 4.02. The molecule has 1 aliphatic rings. The first-order chi connectivity index (χ1) is 7.74. The average molecular weight is 286 g/mol. The zero-order valence-electron chi connectivity index (χ0n) is 9.55. The summed E-state index contributed by atoms with van der Waals surface area (Å²) in [5.74, 6) is 2.50. The Labute approximate surface area is 104 Å². The number of rotatable bonds is 4. The lowest BCUT2D eigenvalue weighted by Gasteiger charge is -2.28. The number of ether oxygens (including phenoxy) is 2. The number of hydrogen-bond donors (Lipinski definition) is 1. The minimum absolute atomic E-state index is 0.698. The molecule has 88 valence electrons. The van der Waals surface area contributed by atoms with Crippen molar-refractivity contribution < 1.29 is 9.47 Å². The third kappa shape index (κ3) is 2.33. The molecule has 16 heavy (non-hydrogen) atoms. The van der Waals surface area contributed by atoms with Crippen molar-refractivity contribution in [3.63, 3.8) is 0 Å². The summed E-state index contributed by atoms with van der Waals surface area (Å²) >= 11 is 3.45. The van der Waals surface area contributed by atoms with Crippen LogP contribution in [-0.2, 0) is 6.42 Å². The standard InChI is InChI=1S/C12H16BrNO2/c1-15-11-4-9(13)5-12(16-2)10(11)3-8-6-14-7-8/h4-5,8,14H,3,6-7H2,1-2H3. The maximum Gasteiger partial charge on any atom is 0.126 e. The predicted molar refractivity (Wildman–Crippen MR) is 67.3 cm³/mol. The summed E-state index contributed by atoms with van der Waals surface area (Å²) in [4.78, 5) is 0. The van der Waals surface area contributed by atoms with Crippen LogP contribution in [0.3, 0.4) is 0 Å². The van der Waals surface area contributed by atoms with E-state index in [1.165, 1.54) is 5.56 Å². The molecule has 1 aromatic rings. The molecule has 0 amide bonds. The van der Waals surface area contributed by atoms with E-state index in [9.17, 15) is 0 Å². The van der Waals surface area contributed by atoms with Crippen LogP contribution in [0.15, 0.2) is 16.6 Å². The number of halogens is 1. The molecule has 0 bridgehead atoms. The third-order valence-electron chi connectivity index (χ3n) is 2.93. The zero-order valence-corrected chi connectivity index (χ0v) is 11.1. The summed E-state index contributed by atoms with van der Waals surface area (Å²) in [6.07, 6.45) is 1.01. The van der Waals surface area contributed by atoms with Crippen LogP contribution in [0.1, 0.15) is 5.56 Å². The van der Waals surface area contributed by atoms with Gasteiger partial charge in [0.05, 0.1) is 14.2 Å². The van der Waals surface area contributed by atoms with Crippen molar-refractivity contribution in [2.75, 3.05) is 27.3 Å². The van der Waals surface area contributed by atoms with Gasteiger partial charge in [-0.2, -0.15) is 0 Å². The molecule has 0 atom stereocenters. The van der Waals surface area contributed by atoms with E-state index in [2.05, 4.69) is 21.2 Å². The highest BCUT2D eigenvalue weighted by Gasteiger charge is 2.21. The third-order valence-corrected chi connectivity index (χ3v) is 3.39. The van der Waals surface area contributed by atoms with E-state index < -0.39 is 0 Å². The van der Waals surface area contributed by atoms with Gasteiger partial charge in [0, 0.05) is 10.0 Å². The average Bonchev–Trinajstić information content (AvgIpc) is 2.23. The molecule has 0 saturated carbocycles. The largest absolute Gasteiger partial charge is 0.496 e. The smallest absolute Gasteiger partial charge is 0.126 e. The lowest BCUT2D eigenvalue weighted by Crippen LogP contribution is -2.43. The zero-order chi connectivity index (χ0) is 11.5. The van der Waals surface area contributed by atoms with Crippen LogP contribution >= 0.6 is 15.9 Å². The van der Waals surface area contributed by atoms with Crippen LogP contribution in [0.4, 0.5) is 0 Å². The van der Waals surface area contributed by atoms with Gasteiger partial charge >= 0.3 is 0 Å². The maximum atomic E-state index is 5.41. The Kier molecular flexibility index (Phi) is 3.71. The van der Waals surface area contributed by atoms with Gasteiger partial charge in [-0.25, -0.2) is 0 Å². The second-order valence-corrected chi connectivity index (χ2v) is 4.93. The number of nitrogens with one attached hydrogen (secondary N) is 1. The van der Waals surface area contributed by atoms with E-state index >= 15 is 0 Å². The topological polar surface area (TPSA) is 30.5 Å². The fraction of sp³-hybridized carbons (Fsp3) is 0.500. The highest BCUT2D eigenvalue weighted by atomic mass is 79.9. The summed E-state index contributed by atoms with van der Waals surface area (Å²) in [5, 5.41) is 3.28. The SMILES string of the molecule is COc1cc(Br)cc(OC)c1CC1CNC1. The summed E-state index contributed by atoms with van der Waals surface area (Å²) in [6.45, 7) is 2.17. The van der Waals surface area contributed by atoms with Crippen LogP contribution < -0.4 is 14.8 Å². The van der Waals surface area contributed by atoms with Gasteiger partial charge in [-0.1, -0.05) is 15.9 Å². The predicted octanol–water partition coefficient (Wildman–Crippen LogP) is 2.23. The van der Waals surface area contributed by atoms with E-state index in [1.54, 1.807) is 14.2 Å². The van der Waals surface area contributed by atoms with Crippen LogP contribution in [0, 0.1) is 5.92 Å². The van der Waals surface area contributed by atoms with Crippen molar-refractivity contribution in [2.24, 2.45) is 5.92 Å². The molecule has 4 heteroatoms. The highest BCUT2D eigenvalue weighted by Crippen LogP contribution is 2.35. The van der Waals surface area contributed by atoms with Gasteiger partial charge in [-0.05, 0) is 37.6 Å². The fourth-order valence-electron chi connectivity index (χ4n) is 1.93. The van der Waals surface area contributed by atoms with Crippen molar-refractivity contribution in [3.05, 3.63) is 22.2 Å². The Bertz CT molecular complexity index is 352. The van der Waals surface area contributed by atoms with Crippen molar-refractivity contribution in [3.8, 4) is 11.5 Å². The van der Waals surface area contributed by atoms with Crippen LogP contribution in [0.2, 0.25) is 0 Å². The molecule has 0 aromatic heterocycles. The minimum Gasteiger partial charge on any atom is -0.496 e. The lowest BCUT2D eigenvalue weighted by molar-refractivity contribution is 0.328. The highest BCUT2D eigenvalue weighted by molar-refractivity contribution is 9.10. The Morgan fingerprint density at radius 3 is 2.19 bits per heavy atom. The molecule has 0 aliphatic carbocycles. The van der Waals surface area contributed by atoms with Crippen molar-refractivity contribution in [1.29, 1.82) is 0 Å². The van der Waals surface area contributed by atoms with Gasteiger partial charge in [0.25, 0.3) is 0 Å². The van der Waals surface area contributed by atoms with Gasteiger partial charge in [0.1, 0.15) is 11.5 Å². The molecule has 1 aliphatic heterocycles. The first kappa shape index (κ1) is 11.7. The van der Waals surface area contributed by atoms with Crippen molar-refractivity contribution >= 4 is 15.9 Å². The molecule has 0 unspecified atom stereocenters. The first-order valence-electron chi connectivity index (χ1n) is 5.35. The van der Waals surface area contributed by atoms with Crippen LogP contribution in [-0.4, -0.2) is 27.3 Å². The molecule has 1 aromatic carbocycles. The van der Waals surface area contributed by atoms with E-state index in [4.69, 9.17) is 9.47 Å². The molecule has 0 radical (unpaired) electrons. The van der Waals surface area contributed by atoms with E-state index in [1.807, 2.05) is 12.1 Å². The molecule has 2 rings (SSSR count). The summed E-state index contributed by atoms with van der Waals surface area (Å²) in [5.41, 5.74) is 1.17. The van der Waals surface area contributed by atoms with Crippen molar-refractivity contribution in [1.82, 2.24) is 5.32 Å². The number of benzene rings is 1. The maximum absolute atomic E-state index is 5.41. The second kappa shape index (κ2) is 5.06. The monoisotopic (exact) mass is 285 g/mol. The van der Waals surface area contributed by atoms with Gasteiger partial charge in [0.2, 0.25) is 0 Å². The number of hydrogen-bond acceptors (Lipinski definition) is 3. The van der Waals surface area contributed by atoms with Gasteiger partial charge < -0.3 is 14.8 Å². The van der Waals surface area contributed by atoms with E-state index in [-0.39, 0.29) is 0 Å². The van der Waals surface area contributed by atoms with Crippen LogP contribution in [0.5, 0.6) is 11.5 Å². The van der Waals surface area contributed by atoms with Crippen molar-refractivity contribution in [2.45, 2.75) is 6.42 Å². The Balaban J connectivity index is 2.30. The molecule has 1 N–H and O–H groups in total. The molecule has 0 spiro atoms.